The first-order chi connectivity index (χ1) is 19.1. The van der Waals surface area contributed by atoms with Crippen LogP contribution in [0.4, 0.5) is 5.69 Å². The number of thiazole rings is 1. The molecule has 0 aliphatic carbocycles. The van der Waals surface area contributed by atoms with Gasteiger partial charge < -0.3 is 4.90 Å². The number of fused-ring (bicyclic) bond motifs is 1. The zero-order chi connectivity index (χ0) is 26.8. The predicted molar refractivity (Wildman–Crippen MR) is 159 cm³/mol. The van der Waals surface area contributed by atoms with Gasteiger partial charge in [0.15, 0.2) is 5.71 Å². The first-order valence-corrected chi connectivity index (χ1v) is 13.8. The van der Waals surface area contributed by atoms with Crippen LogP contribution in [0.2, 0.25) is 0 Å². The van der Waals surface area contributed by atoms with Gasteiger partial charge in [0.05, 0.1) is 24.5 Å². The van der Waals surface area contributed by atoms with Gasteiger partial charge in [-0.2, -0.15) is 5.10 Å². The van der Waals surface area contributed by atoms with Crippen LogP contribution in [0.25, 0.3) is 11.3 Å². The lowest BCUT2D eigenvalue weighted by Gasteiger charge is -2.16. The van der Waals surface area contributed by atoms with Crippen LogP contribution in [0.5, 0.6) is 0 Å². The van der Waals surface area contributed by atoms with Gasteiger partial charge in [0.2, 0.25) is 4.80 Å². The van der Waals surface area contributed by atoms with E-state index in [4.69, 9.17) is 10.1 Å². The van der Waals surface area contributed by atoms with E-state index >= 15 is 0 Å². The Morgan fingerprint density at radius 3 is 2.21 bits per heavy atom. The summed E-state index contributed by atoms with van der Waals surface area (Å²) >= 11 is 1.53. The minimum atomic E-state index is -0.112. The van der Waals surface area contributed by atoms with E-state index in [9.17, 15) is 4.79 Å². The first-order valence-electron chi connectivity index (χ1n) is 13.0. The molecule has 0 saturated heterocycles. The van der Waals surface area contributed by atoms with Crippen LogP contribution in [0.3, 0.4) is 0 Å². The quantitative estimate of drug-likeness (QED) is 0.241. The molecule has 0 saturated carbocycles. The fourth-order valence-electron chi connectivity index (χ4n) is 4.73. The number of nitrogens with zero attached hydrogens (tertiary/aromatic N) is 4. The van der Waals surface area contributed by atoms with Crippen LogP contribution < -0.4 is 9.70 Å². The summed E-state index contributed by atoms with van der Waals surface area (Å²) in [4.78, 5) is 21.4. The summed E-state index contributed by atoms with van der Waals surface area (Å²) in [7, 11) is 0. The van der Waals surface area contributed by atoms with Crippen molar-refractivity contribution in [1.82, 2.24) is 4.68 Å². The lowest BCUT2D eigenvalue weighted by atomic mass is 10.1. The summed E-state index contributed by atoms with van der Waals surface area (Å²) in [5.74, 6) is -0.112. The topological polar surface area (TPSA) is 50.0 Å². The van der Waals surface area contributed by atoms with Crippen LogP contribution in [-0.4, -0.2) is 16.3 Å². The molecule has 1 amide bonds. The van der Waals surface area contributed by atoms with E-state index < -0.39 is 0 Å². The Morgan fingerprint density at radius 1 is 0.769 bits per heavy atom. The molecular formula is C33H28N4OS. The average molecular weight is 529 g/mol. The molecule has 0 bridgehead atoms. The van der Waals surface area contributed by atoms with Crippen molar-refractivity contribution >= 4 is 28.6 Å². The third-order valence-corrected chi connectivity index (χ3v) is 7.86. The Labute approximate surface area is 232 Å². The molecule has 39 heavy (non-hydrogen) atoms. The summed E-state index contributed by atoms with van der Waals surface area (Å²) in [6.07, 6.45) is 0. The number of para-hydroxylation sites is 1. The molecule has 6 heteroatoms. The maximum atomic E-state index is 13.9. The fourth-order valence-corrected chi connectivity index (χ4v) is 5.56. The van der Waals surface area contributed by atoms with Crippen molar-refractivity contribution in [1.29, 1.82) is 0 Å². The van der Waals surface area contributed by atoms with Gasteiger partial charge in [-0.1, -0.05) is 91.0 Å². The van der Waals surface area contributed by atoms with E-state index in [1.54, 1.807) is 0 Å². The third-order valence-electron chi connectivity index (χ3n) is 7.01. The lowest BCUT2D eigenvalue weighted by Crippen LogP contribution is -2.30. The summed E-state index contributed by atoms with van der Waals surface area (Å²) < 4.78 is 1.84. The van der Waals surface area contributed by atoms with Crippen molar-refractivity contribution in [2.24, 2.45) is 10.1 Å². The Balaban J connectivity index is 1.48. The number of rotatable bonds is 6. The van der Waals surface area contributed by atoms with Gasteiger partial charge >= 0.3 is 0 Å². The molecule has 1 aliphatic rings. The van der Waals surface area contributed by atoms with Crippen LogP contribution in [-0.2, 0) is 17.9 Å². The fraction of sp³-hybridized carbons (Fsp3) is 0.121. The van der Waals surface area contributed by atoms with Gasteiger partial charge in [-0.3, -0.25) is 9.79 Å². The summed E-state index contributed by atoms with van der Waals surface area (Å²) in [5, 5.41) is 7.11. The Kier molecular flexibility index (Phi) is 6.78. The minimum absolute atomic E-state index is 0.112. The normalized spacial score (nSPS) is 14.3. The van der Waals surface area contributed by atoms with Crippen molar-refractivity contribution in [3.63, 3.8) is 0 Å². The molecule has 6 rings (SSSR count). The Morgan fingerprint density at radius 2 is 1.46 bits per heavy atom. The number of amides is 1. The van der Waals surface area contributed by atoms with Gasteiger partial charge in [-0.15, -0.1) is 11.3 Å². The summed E-state index contributed by atoms with van der Waals surface area (Å²) in [6.45, 7) is 5.24. The zero-order valence-electron chi connectivity index (χ0n) is 21.9. The molecule has 2 heterocycles. The van der Waals surface area contributed by atoms with Gasteiger partial charge in [-0.25, -0.2) is 4.68 Å². The van der Waals surface area contributed by atoms with E-state index in [1.165, 1.54) is 22.5 Å². The molecule has 4 aromatic carbocycles. The molecule has 0 spiro atoms. The van der Waals surface area contributed by atoms with Crippen LogP contribution in [0.1, 0.15) is 27.8 Å². The summed E-state index contributed by atoms with van der Waals surface area (Å²) in [5.41, 5.74) is 8.71. The number of carbonyl (C=O) groups excluding carboxylic acids is 1. The summed E-state index contributed by atoms with van der Waals surface area (Å²) in [6, 6.07) is 34.5. The third kappa shape index (κ3) is 4.99. The monoisotopic (exact) mass is 528 g/mol. The lowest BCUT2D eigenvalue weighted by molar-refractivity contribution is -0.112. The van der Waals surface area contributed by atoms with Crippen LogP contribution in [0, 0.1) is 13.8 Å². The van der Waals surface area contributed by atoms with Gasteiger partial charge in [0, 0.05) is 16.5 Å². The van der Waals surface area contributed by atoms with E-state index in [0.29, 0.717) is 18.8 Å². The SMILES string of the molecule is Cc1ccc(-c2csc(=NCc3ccccc3)n2/N=C2\C(=O)N(Cc3ccccc3)c3ccccc32)cc1C. The van der Waals surface area contributed by atoms with E-state index in [1.807, 2.05) is 82.4 Å². The molecule has 192 valence electrons. The standard InChI is InChI=1S/C33H28N4OS/c1-23-17-18-27(19-24(23)2)30-22-39-33(34-20-25-11-5-3-6-12-25)37(30)35-31-28-15-9-10-16-29(28)36(32(31)38)21-26-13-7-4-8-14-26/h3-19,22H,20-21H2,1-2H3/b34-33?,35-31-. The molecule has 5 aromatic rings. The average Bonchev–Trinajstić information content (AvgIpc) is 3.49. The van der Waals surface area contributed by atoms with E-state index in [0.717, 1.165) is 38.4 Å². The van der Waals surface area contributed by atoms with Crippen molar-refractivity contribution in [2.45, 2.75) is 26.9 Å². The van der Waals surface area contributed by atoms with Crippen molar-refractivity contribution in [2.75, 3.05) is 4.90 Å². The highest BCUT2D eigenvalue weighted by Crippen LogP contribution is 2.31. The van der Waals surface area contributed by atoms with Crippen LogP contribution >= 0.6 is 11.3 Å². The highest BCUT2D eigenvalue weighted by atomic mass is 32.1. The second-order valence-electron chi connectivity index (χ2n) is 9.66. The molecule has 0 unspecified atom stereocenters. The Bertz CT molecular complexity index is 1750. The van der Waals surface area contributed by atoms with Gasteiger partial charge in [0.1, 0.15) is 0 Å². The number of aromatic nitrogens is 1. The largest absolute Gasteiger partial charge is 0.302 e. The molecule has 5 nitrogen and oxygen atoms in total. The second-order valence-corrected chi connectivity index (χ2v) is 10.5. The highest BCUT2D eigenvalue weighted by Gasteiger charge is 2.34. The molecule has 1 aliphatic heterocycles. The zero-order valence-corrected chi connectivity index (χ0v) is 22.7. The molecular weight excluding hydrogens is 500 g/mol. The number of carbonyl (C=O) groups is 1. The van der Waals surface area contributed by atoms with Crippen molar-refractivity contribution in [3.05, 3.63) is 141 Å². The highest BCUT2D eigenvalue weighted by molar-refractivity contribution is 7.07. The predicted octanol–water partition coefficient (Wildman–Crippen LogP) is 6.73. The number of hydrogen-bond donors (Lipinski definition) is 0. The van der Waals surface area contributed by atoms with E-state index in [-0.39, 0.29) is 5.91 Å². The van der Waals surface area contributed by atoms with Crippen LogP contribution in [0.15, 0.2) is 119 Å². The smallest absolute Gasteiger partial charge is 0.279 e. The molecule has 0 N–H and O–H groups in total. The minimum Gasteiger partial charge on any atom is -0.302 e. The molecule has 0 fully saturated rings. The first kappa shape index (κ1) is 24.8. The molecule has 0 atom stereocenters. The number of benzene rings is 4. The van der Waals surface area contributed by atoms with Crippen molar-refractivity contribution in [3.8, 4) is 11.3 Å². The maximum Gasteiger partial charge on any atom is 0.279 e. The molecule has 0 radical (unpaired) electrons. The molecule has 1 aromatic heterocycles. The maximum absolute atomic E-state index is 13.9. The van der Waals surface area contributed by atoms with Gasteiger partial charge in [0.25, 0.3) is 5.91 Å². The second kappa shape index (κ2) is 10.7. The number of aryl methyl sites for hydroxylation is 2. The van der Waals surface area contributed by atoms with Gasteiger partial charge in [-0.05, 0) is 48.2 Å². The van der Waals surface area contributed by atoms with Crippen molar-refractivity contribution < 1.29 is 4.79 Å². The van der Waals surface area contributed by atoms with E-state index in [2.05, 4.69) is 49.6 Å². The number of hydrogen-bond acceptors (Lipinski definition) is 4. The number of anilines is 1. The Hall–Kier alpha value is -4.55.